The van der Waals surface area contributed by atoms with E-state index in [0.29, 0.717) is 0 Å². The van der Waals surface area contributed by atoms with Crippen molar-refractivity contribution in [3.63, 3.8) is 0 Å². The summed E-state index contributed by atoms with van der Waals surface area (Å²) < 4.78 is 2.52. The third kappa shape index (κ3) is 3.84. The highest BCUT2D eigenvalue weighted by Crippen LogP contribution is 2.30. The molecule has 0 bridgehead atoms. The molecule has 1 aliphatic rings. The highest BCUT2D eigenvalue weighted by Gasteiger charge is 2.23. The van der Waals surface area contributed by atoms with Crippen LogP contribution in [-0.2, 0) is 0 Å². The Bertz CT molecular complexity index is 397. The van der Waals surface area contributed by atoms with Crippen LogP contribution in [0, 0.1) is 9.49 Å². The monoisotopic (exact) mass is 422 g/mol. The minimum absolute atomic E-state index is 0.798. The van der Waals surface area contributed by atoms with Crippen LogP contribution in [0.2, 0.25) is 0 Å². The first-order valence-corrected chi connectivity index (χ1v) is 8.48. The average molecular weight is 423 g/mol. The van der Waals surface area contributed by atoms with Gasteiger partial charge in [-0.05, 0) is 72.6 Å². The summed E-state index contributed by atoms with van der Waals surface area (Å²) in [6.45, 7) is 6.89. The van der Waals surface area contributed by atoms with E-state index in [-0.39, 0.29) is 0 Å². The molecule has 4 heteroatoms. The van der Waals surface area contributed by atoms with Gasteiger partial charge in [0.1, 0.15) is 0 Å². The molecule has 1 unspecified atom stereocenters. The van der Waals surface area contributed by atoms with Gasteiger partial charge in [-0.2, -0.15) is 0 Å². The van der Waals surface area contributed by atoms with E-state index in [1.54, 1.807) is 0 Å². The Balaban J connectivity index is 1.93. The van der Waals surface area contributed by atoms with Gasteiger partial charge < -0.3 is 10.2 Å². The zero-order chi connectivity index (χ0) is 13.0. The highest BCUT2D eigenvalue weighted by atomic mass is 127. The molecule has 0 spiro atoms. The maximum Gasteiger partial charge on any atom is 0.0513 e. The quantitative estimate of drug-likeness (QED) is 0.572. The molecule has 1 heterocycles. The summed E-state index contributed by atoms with van der Waals surface area (Å²) in [7, 11) is 0. The number of hydrogen-bond acceptors (Lipinski definition) is 2. The second-order valence-corrected chi connectivity index (χ2v) is 6.98. The second kappa shape index (κ2) is 7.10. The molecule has 2 nitrogen and oxygen atoms in total. The molecule has 0 aliphatic carbocycles. The number of hydrogen-bond donors (Lipinski definition) is 1. The molecule has 1 aromatic carbocycles. The minimum Gasteiger partial charge on any atom is -0.370 e. The van der Waals surface area contributed by atoms with Crippen molar-refractivity contribution in [3.05, 3.63) is 26.2 Å². The normalized spacial score (nSPS) is 19.5. The Labute approximate surface area is 132 Å². The van der Waals surface area contributed by atoms with Crippen LogP contribution >= 0.6 is 38.5 Å². The summed E-state index contributed by atoms with van der Waals surface area (Å²) in [6, 6.07) is 6.54. The zero-order valence-corrected chi connectivity index (χ0v) is 14.5. The summed E-state index contributed by atoms with van der Waals surface area (Å²) in [6.07, 6.45) is 2.53. The van der Waals surface area contributed by atoms with E-state index < -0.39 is 0 Å². The number of rotatable bonds is 5. The smallest absolute Gasteiger partial charge is 0.0513 e. The molecule has 1 aromatic rings. The van der Waals surface area contributed by atoms with Crippen LogP contribution in [0.5, 0.6) is 0 Å². The number of nitrogens with zero attached hydrogens (tertiary/aromatic N) is 1. The lowest BCUT2D eigenvalue weighted by Crippen LogP contribution is -2.27. The van der Waals surface area contributed by atoms with Crippen molar-refractivity contribution in [2.75, 3.05) is 31.1 Å². The summed E-state index contributed by atoms with van der Waals surface area (Å²) in [5, 5.41) is 3.54. The largest absolute Gasteiger partial charge is 0.370 e. The maximum atomic E-state index is 3.57. The zero-order valence-electron chi connectivity index (χ0n) is 10.8. The van der Waals surface area contributed by atoms with E-state index in [2.05, 4.69) is 73.9 Å². The fourth-order valence-electron chi connectivity index (χ4n) is 2.43. The Morgan fingerprint density at radius 2 is 2.33 bits per heavy atom. The van der Waals surface area contributed by atoms with Gasteiger partial charge >= 0.3 is 0 Å². The molecule has 18 heavy (non-hydrogen) atoms. The first kappa shape index (κ1) is 14.6. The summed E-state index contributed by atoms with van der Waals surface area (Å²) >= 11 is 6.00. The van der Waals surface area contributed by atoms with Crippen LogP contribution < -0.4 is 10.2 Å². The van der Waals surface area contributed by atoms with E-state index in [1.165, 1.54) is 39.7 Å². The van der Waals surface area contributed by atoms with Gasteiger partial charge in [0.25, 0.3) is 0 Å². The molecule has 1 saturated heterocycles. The first-order chi connectivity index (χ1) is 8.70. The number of nitrogens with one attached hydrogen (secondary N) is 1. The van der Waals surface area contributed by atoms with E-state index in [1.807, 2.05) is 0 Å². The molecule has 0 amide bonds. The lowest BCUT2D eigenvalue weighted by atomic mass is 10.1. The topological polar surface area (TPSA) is 15.3 Å². The SMILES string of the molecule is CCCNCC1CCN(c2cc(Br)ccc2I)C1. The van der Waals surface area contributed by atoms with Crippen LogP contribution in [-0.4, -0.2) is 26.2 Å². The molecule has 0 aromatic heterocycles. The van der Waals surface area contributed by atoms with Crippen LogP contribution in [0.1, 0.15) is 19.8 Å². The minimum atomic E-state index is 0.798. The van der Waals surface area contributed by atoms with Gasteiger partial charge in [0.2, 0.25) is 0 Å². The van der Waals surface area contributed by atoms with Crippen LogP contribution in [0.3, 0.4) is 0 Å². The van der Waals surface area contributed by atoms with Crippen molar-refractivity contribution < 1.29 is 0 Å². The van der Waals surface area contributed by atoms with Crippen LogP contribution in [0.15, 0.2) is 22.7 Å². The molecule has 0 radical (unpaired) electrons. The van der Waals surface area contributed by atoms with Crippen molar-refractivity contribution >= 4 is 44.2 Å². The number of benzene rings is 1. The van der Waals surface area contributed by atoms with Crippen molar-refractivity contribution in [2.45, 2.75) is 19.8 Å². The molecule has 1 aliphatic heterocycles. The Kier molecular flexibility index (Phi) is 5.76. The van der Waals surface area contributed by atoms with Crippen molar-refractivity contribution in [2.24, 2.45) is 5.92 Å². The molecular weight excluding hydrogens is 403 g/mol. The van der Waals surface area contributed by atoms with Gasteiger partial charge in [-0.25, -0.2) is 0 Å². The van der Waals surface area contributed by atoms with Gasteiger partial charge in [-0.15, -0.1) is 0 Å². The van der Waals surface area contributed by atoms with Gasteiger partial charge in [-0.1, -0.05) is 22.9 Å². The standard InChI is InChI=1S/C14H20BrIN2/c1-2-6-17-9-11-5-7-18(10-11)14-8-12(15)3-4-13(14)16/h3-4,8,11,17H,2,5-7,9-10H2,1H3. The first-order valence-electron chi connectivity index (χ1n) is 6.61. The maximum absolute atomic E-state index is 3.57. The van der Waals surface area contributed by atoms with Gasteiger partial charge in [0.05, 0.1) is 5.69 Å². The van der Waals surface area contributed by atoms with E-state index >= 15 is 0 Å². The highest BCUT2D eigenvalue weighted by molar-refractivity contribution is 14.1. The molecule has 1 fully saturated rings. The lowest BCUT2D eigenvalue weighted by Gasteiger charge is -2.20. The predicted octanol–water partition coefficient (Wildman–Crippen LogP) is 3.88. The number of halogens is 2. The summed E-state index contributed by atoms with van der Waals surface area (Å²) in [4.78, 5) is 2.52. The molecule has 1 N–H and O–H groups in total. The van der Waals surface area contributed by atoms with E-state index in [9.17, 15) is 0 Å². The fourth-order valence-corrected chi connectivity index (χ4v) is 3.45. The Morgan fingerprint density at radius 3 is 3.11 bits per heavy atom. The van der Waals surface area contributed by atoms with Crippen molar-refractivity contribution in [1.82, 2.24) is 5.32 Å². The average Bonchev–Trinajstić information content (AvgIpc) is 2.81. The van der Waals surface area contributed by atoms with Crippen LogP contribution in [0.25, 0.3) is 0 Å². The fraction of sp³-hybridized carbons (Fsp3) is 0.571. The van der Waals surface area contributed by atoms with Gasteiger partial charge in [-0.3, -0.25) is 0 Å². The van der Waals surface area contributed by atoms with Crippen LogP contribution in [0.4, 0.5) is 5.69 Å². The third-order valence-electron chi connectivity index (χ3n) is 3.39. The third-order valence-corrected chi connectivity index (χ3v) is 4.80. The van der Waals surface area contributed by atoms with Crippen molar-refractivity contribution in [1.29, 1.82) is 0 Å². The Morgan fingerprint density at radius 1 is 1.50 bits per heavy atom. The van der Waals surface area contributed by atoms with Gasteiger partial charge in [0.15, 0.2) is 0 Å². The number of anilines is 1. The van der Waals surface area contributed by atoms with E-state index in [0.717, 1.165) is 19.0 Å². The van der Waals surface area contributed by atoms with E-state index in [4.69, 9.17) is 0 Å². The van der Waals surface area contributed by atoms with Crippen molar-refractivity contribution in [3.8, 4) is 0 Å². The summed E-state index contributed by atoms with van der Waals surface area (Å²) in [5.41, 5.74) is 1.38. The lowest BCUT2D eigenvalue weighted by molar-refractivity contribution is 0.516. The molecule has 100 valence electrons. The predicted molar refractivity (Wildman–Crippen MR) is 90.3 cm³/mol. The van der Waals surface area contributed by atoms with Gasteiger partial charge in [0, 0.05) is 21.1 Å². The molecule has 2 rings (SSSR count). The second-order valence-electron chi connectivity index (χ2n) is 4.90. The summed E-state index contributed by atoms with van der Waals surface area (Å²) in [5.74, 6) is 0.798. The molecule has 1 atom stereocenters. The molecule has 0 saturated carbocycles. The molecular formula is C14H20BrIN2. The Hall–Kier alpha value is 0.190.